The highest BCUT2D eigenvalue weighted by Gasteiger charge is 2.24. The summed E-state index contributed by atoms with van der Waals surface area (Å²) in [6.45, 7) is 0.567. The molecule has 0 saturated carbocycles. The summed E-state index contributed by atoms with van der Waals surface area (Å²) in [6.07, 6.45) is 0. The lowest BCUT2D eigenvalue weighted by Gasteiger charge is -2.03. The molecule has 0 aliphatic carbocycles. The van der Waals surface area contributed by atoms with E-state index in [-0.39, 0.29) is 22.9 Å². The Morgan fingerprint density at radius 3 is 2.00 bits per heavy atom. The fourth-order valence-corrected chi connectivity index (χ4v) is 3.37. The molecular formula is C20H15ClN4O3. The molecule has 8 heteroatoms. The van der Waals surface area contributed by atoms with Gasteiger partial charge in [0.05, 0.1) is 13.1 Å². The van der Waals surface area contributed by atoms with E-state index in [9.17, 15) is 14.9 Å². The maximum atomic E-state index is 13.2. The number of hydrogen-bond acceptors (Lipinski definition) is 4. The Hall–Kier alpha value is -3.45. The van der Waals surface area contributed by atoms with Gasteiger partial charge < -0.3 is 10.1 Å². The molecule has 2 heterocycles. The van der Waals surface area contributed by atoms with Gasteiger partial charge in [-0.05, 0) is 27.1 Å². The van der Waals surface area contributed by atoms with Crippen molar-refractivity contribution in [1.29, 1.82) is 0 Å². The molecule has 4 rings (SSSR count). The van der Waals surface area contributed by atoms with Gasteiger partial charge in [-0.3, -0.25) is 9.13 Å². The predicted molar refractivity (Wildman–Crippen MR) is 107 cm³/mol. The summed E-state index contributed by atoms with van der Waals surface area (Å²) in [5.74, 6) is -0.465. The highest BCUT2D eigenvalue weighted by atomic mass is 35.5. The van der Waals surface area contributed by atoms with Crippen LogP contribution < -0.4 is 5.69 Å². The molecule has 140 valence electrons. The second-order valence-corrected chi connectivity index (χ2v) is 6.73. The van der Waals surface area contributed by atoms with Crippen LogP contribution in [0, 0.1) is 10.1 Å². The number of imidazole rings is 1. The summed E-state index contributed by atoms with van der Waals surface area (Å²) < 4.78 is 2.98. The van der Waals surface area contributed by atoms with Crippen LogP contribution in [0.4, 0.5) is 5.82 Å². The number of benzene rings is 2. The molecule has 0 N–H and O–H groups in total. The zero-order valence-electron chi connectivity index (χ0n) is 14.7. The van der Waals surface area contributed by atoms with Gasteiger partial charge in [-0.1, -0.05) is 72.3 Å². The molecule has 0 bridgehead atoms. The average molecular weight is 395 g/mol. The van der Waals surface area contributed by atoms with Crippen LogP contribution in [-0.2, 0) is 13.1 Å². The van der Waals surface area contributed by atoms with Crippen molar-refractivity contribution in [2.75, 3.05) is 0 Å². The smallest absolute Gasteiger partial charge is 0.358 e. The van der Waals surface area contributed by atoms with Gasteiger partial charge in [0, 0.05) is 0 Å². The first kappa shape index (κ1) is 17.9. The van der Waals surface area contributed by atoms with E-state index in [0.29, 0.717) is 12.1 Å². The highest BCUT2D eigenvalue weighted by molar-refractivity contribution is 6.33. The normalized spacial score (nSPS) is 11.0. The van der Waals surface area contributed by atoms with Crippen molar-refractivity contribution >= 4 is 28.6 Å². The van der Waals surface area contributed by atoms with Gasteiger partial charge in [0.1, 0.15) is 10.5 Å². The van der Waals surface area contributed by atoms with Gasteiger partial charge in [-0.2, -0.15) is 0 Å². The molecule has 0 aliphatic rings. The first-order valence-corrected chi connectivity index (χ1v) is 8.94. The molecule has 7 nitrogen and oxygen atoms in total. The minimum atomic E-state index is -0.645. The van der Waals surface area contributed by atoms with E-state index >= 15 is 0 Å². The predicted octanol–water partition coefficient (Wildman–Crippen LogP) is 3.86. The first-order chi connectivity index (χ1) is 13.5. The molecule has 0 amide bonds. The number of halogens is 1. The Balaban J connectivity index is 1.93. The van der Waals surface area contributed by atoms with Crippen LogP contribution in [0.2, 0.25) is 5.02 Å². The van der Waals surface area contributed by atoms with Crippen molar-refractivity contribution in [3.8, 4) is 0 Å². The van der Waals surface area contributed by atoms with Gasteiger partial charge >= 0.3 is 11.5 Å². The van der Waals surface area contributed by atoms with E-state index < -0.39 is 10.7 Å². The highest BCUT2D eigenvalue weighted by Crippen LogP contribution is 2.27. The number of nitro groups is 1. The van der Waals surface area contributed by atoms with Crippen molar-refractivity contribution in [3.63, 3.8) is 0 Å². The fourth-order valence-electron chi connectivity index (χ4n) is 3.15. The molecule has 0 fully saturated rings. The Kier molecular flexibility index (Phi) is 4.67. The largest absolute Gasteiger partial charge is 0.384 e. The lowest BCUT2D eigenvalue weighted by atomic mass is 10.2. The van der Waals surface area contributed by atoms with Crippen molar-refractivity contribution in [3.05, 3.63) is 103 Å². The van der Waals surface area contributed by atoms with E-state index in [1.165, 1.54) is 15.2 Å². The second-order valence-electron chi connectivity index (χ2n) is 6.32. The Morgan fingerprint density at radius 2 is 1.46 bits per heavy atom. The number of rotatable bonds is 5. The van der Waals surface area contributed by atoms with E-state index in [2.05, 4.69) is 4.98 Å². The van der Waals surface area contributed by atoms with Crippen molar-refractivity contribution < 1.29 is 4.92 Å². The van der Waals surface area contributed by atoms with Crippen LogP contribution in [0.5, 0.6) is 0 Å². The third-order valence-corrected chi connectivity index (χ3v) is 4.74. The Labute approximate surface area is 164 Å². The zero-order valence-corrected chi connectivity index (χ0v) is 15.4. The summed E-state index contributed by atoms with van der Waals surface area (Å²) in [4.78, 5) is 27.9. The van der Waals surface area contributed by atoms with E-state index in [4.69, 9.17) is 11.6 Å². The fraction of sp³-hybridized carbons (Fsp3) is 0.100. The van der Waals surface area contributed by atoms with Gasteiger partial charge in [0.25, 0.3) is 5.65 Å². The van der Waals surface area contributed by atoms with Crippen molar-refractivity contribution in [1.82, 2.24) is 14.1 Å². The molecule has 0 radical (unpaired) electrons. The molecule has 0 spiro atoms. The van der Waals surface area contributed by atoms with Crippen LogP contribution in [-0.4, -0.2) is 19.0 Å². The summed E-state index contributed by atoms with van der Waals surface area (Å²) >= 11 is 6.07. The third kappa shape index (κ3) is 3.27. The van der Waals surface area contributed by atoms with Crippen molar-refractivity contribution in [2.45, 2.75) is 13.1 Å². The van der Waals surface area contributed by atoms with Crippen LogP contribution in [0.15, 0.2) is 71.5 Å². The Bertz CT molecular complexity index is 1220. The van der Waals surface area contributed by atoms with E-state index in [0.717, 1.165) is 11.1 Å². The molecule has 0 unspecified atom stereocenters. The summed E-state index contributed by atoms with van der Waals surface area (Å²) in [5.41, 5.74) is 2.22. The molecule has 0 aliphatic heterocycles. The number of fused-ring (bicyclic) bond motifs is 1. The molecule has 28 heavy (non-hydrogen) atoms. The molecule has 2 aromatic carbocycles. The van der Waals surface area contributed by atoms with E-state index in [1.54, 1.807) is 0 Å². The minimum Gasteiger partial charge on any atom is -0.358 e. The van der Waals surface area contributed by atoms with Gasteiger partial charge in [0.2, 0.25) is 0 Å². The number of aromatic nitrogens is 3. The van der Waals surface area contributed by atoms with Crippen LogP contribution in [0.25, 0.3) is 11.2 Å². The molecule has 0 saturated heterocycles. The molecular weight excluding hydrogens is 380 g/mol. The molecule has 4 aromatic rings. The average Bonchev–Trinajstić information content (AvgIpc) is 2.94. The van der Waals surface area contributed by atoms with Gasteiger partial charge in [0.15, 0.2) is 0 Å². The maximum absolute atomic E-state index is 13.2. The standard InChI is InChI=1S/C20H15ClN4O3/c21-16-11-17-19(22-18(16)25(27)28)24(13-15-9-5-2-6-10-15)20(26)23(17)12-14-7-3-1-4-8-14/h1-11H,12-13H2. The van der Waals surface area contributed by atoms with Crippen molar-refractivity contribution in [2.24, 2.45) is 0 Å². The topological polar surface area (TPSA) is 83.0 Å². The maximum Gasteiger partial charge on any atom is 0.384 e. The molecule has 2 aromatic heterocycles. The summed E-state index contributed by atoms with van der Waals surface area (Å²) in [5, 5.41) is 11.2. The van der Waals surface area contributed by atoms with E-state index in [1.807, 2.05) is 60.7 Å². The molecule has 0 atom stereocenters. The van der Waals surface area contributed by atoms with Gasteiger partial charge in [-0.25, -0.2) is 4.79 Å². The van der Waals surface area contributed by atoms with Crippen LogP contribution >= 0.6 is 11.6 Å². The lowest BCUT2D eigenvalue weighted by molar-refractivity contribution is -0.389. The number of pyridine rings is 1. The summed E-state index contributed by atoms with van der Waals surface area (Å²) in [6, 6.07) is 20.3. The SMILES string of the molecule is O=c1n(Cc2ccccc2)c2cc(Cl)c([N+](=O)[O-])nc2n1Cc1ccccc1. The minimum absolute atomic E-state index is 0.101. The second kappa shape index (κ2) is 7.28. The van der Waals surface area contributed by atoms with Crippen LogP contribution in [0.1, 0.15) is 11.1 Å². The quantitative estimate of drug-likeness (QED) is 0.380. The zero-order chi connectivity index (χ0) is 19.7. The monoisotopic (exact) mass is 394 g/mol. The Morgan fingerprint density at radius 1 is 0.929 bits per heavy atom. The number of hydrogen-bond donors (Lipinski definition) is 0. The summed E-state index contributed by atoms with van der Waals surface area (Å²) in [7, 11) is 0. The lowest BCUT2D eigenvalue weighted by Crippen LogP contribution is -2.25. The van der Waals surface area contributed by atoms with Gasteiger partial charge in [-0.15, -0.1) is 0 Å². The number of nitrogens with zero attached hydrogens (tertiary/aromatic N) is 4. The first-order valence-electron chi connectivity index (χ1n) is 8.56. The third-order valence-electron chi connectivity index (χ3n) is 4.47. The van der Waals surface area contributed by atoms with Crippen LogP contribution in [0.3, 0.4) is 0 Å².